The fourth-order valence-electron chi connectivity index (χ4n) is 4.20. The molecular formula is C45H93N. The number of rotatable bonds is 4. The number of allylic oxidation sites excluding steroid dienone is 3. The first kappa shape index (κ1) is 59.9. The van der Waals surface area contributed by atoms with Crippen LogP contribution < -0.4 is 5.73 Å². The molecule has 2 aliphatic carbocycles. The molecule has 8 unspecified atom stereocenters. The average molecular weight is 648 g/mol. The second-order valence-corrected chi connectivity index (χ2v) is 14.4. The molecule has 1 fully saturated rings. The molecular weight excluding hydrogens is 555 g/mol. The summed E-state index contributed by atoms with van der Waals surface area (Å²) in [6.07, 6.45) is 22.8. The number of hydrogen-bond donors (Lipinski definition) is 1. The predicted octanol–water partition coefficient (Wildman–Crippen LogP) is 14.6. The Morgan fingerprint density at radius 1 is 0.761 bits per heavy atom. The molecule has 2 aliphatic rings. The van der Waals surface area contributed by atoms with E-state index in [0.29, 0.717) is 5.92 Å². The van der Waals surface area contributed by atoms with Crippen molar-refractivity contribution >= 4 is 0 Å². The Bertz CT molecular complexity index is 622. The minimum atomic E-state index is 0.681. The maximum absolute atomic E-state index is 5.37. The molecule has 278 valence electrons. The second-order valence-electron chi connectivity index (χ2n) is 14.4. The van der Waals surface area contributed by atoms with Crippen molar-refractivity contribution in [2.75, 3.05) is 6.54 Å². The third-order valence-electron chi connectivity index (χ3n) is 9.25. The Kier molecular flexibility index (Phi) is 56.8. The van der Waals surface area contributed by atoms with E-state index in [1.54, 1.807) is 6.92 Å². The predicted molar refractivity (Wildman–Crippen MR) is 222 cm³/mol. The van der Waals surface area contributed by atoms with Crippen molar-refractivity contribution in [1.82, 2.24) is 0 Å². The van der Waals surface area contributed by atoms with Crippen molar-refractivity contribution in [3.8, 4) is 25.2 Å². The van der Waals surface area contributed by atoms with Crippen LogP contribution in [0.25, 0.3) is 0 Å². The van der Waals surface area contributed by atoms with Gasteiger partial charge >= 0.3 is 0 Å². The maximum Gasteiger partial charge on any atom is -0.00297 e. The third-order valence-corrected chi connectivity index (χ3v) is 9.25. The topological polar surface area (TPSA) is 26.0 Å². The number of hydrogen-bond acceptors (Lipinski definition) is 1. The van der Waals surface area contributed by atoms with Gasteiger partial charge < -0.3 is 5.73 Å². The third kappa shape index (κ3) is 44.7. The van der Waals surface area contributed by atoms with Crippen LogP contribution in [0.5, 0.6) is 0 Å². The highest BCUT2D eigenvalue weighted by Gasteiger charge is 2.26. The van der Waals surface area contributed by atoms with Gasteiger partial charge in [0.05, 0.1) is 0 Å². The van der Waals surface area contributed by atoms with Crippen LogP contribution in [0.4, 0.5) is 0 Å². The van der Waals surface area contributed by atoms with Crippen LogP contribution >= 0.6 is 0 Å². The van der Waals surface area contributed by atoms with Crippen molar-refractivity contribution < 1.29 is 0 Å². The van der Waals surface area contributed by atoms with Gasteiger partial charge in [0, 0.05) is 0 Å². The van der Waals surface area contributed by atoms with Gasteiger partial charge in [0.2, 0.25) is 0 Å². The molecule has 0 heterocycles. The molecule has 1 saturated carbocycles. The van der Waals surface area contributed by atoms with Gasteiger partial charge in [-0.3, -0.25) is 0 Å². The Labute approximate surface area is 297 Å². The molecule has 0 aromatic rings. The number of nitrogens with two attached hydrogens (primary N) is 1. The first-order valence-corrected chi connectivity index (χ1v) is 19.0. The average Bonchev–Trinajstić information content (AvgIpc) is 3.01. The van der Waals surface area contributed by atoms with Gasteiger partial charge in [-0.2, -0.15) is 0 Å². The summed E-state index contributed by atoms with van der Waals surface area (Å²) in [6, 6.07) is 0. The van der Waals surface area contributed by atoms with E-state index in [0.717, 1.165) is 65.7 Å². The Morgan fingerprint density at radius 3 is 1.20 bits per heavy atom. The molecule has 0 saturated heterocycles. The fraction of sp³-hybridized carbons (Fsp3) is 0.822. The summed E-state index contributed by atoms with van der Waals surface area (Å²) < 4.78 is 0. The zero-order valence-electron chi connectivity index (χ0n) is 36.1. The van der Waals surface area contributed by atoms with Crippen molar-refractivity contribution in [2.45, 2.75) is 171 Å². The van der Waals surface area contributed by atoms with Crippen molar-refractivity contribution in [3.63, 3.8) is 0 Å². The van der Waals surface area contributed by atoms with Gasteiger partial charge in [0.15, 0.2) is 0 Å². The van der Waals surface area contributed by atoms with E-state index in [2.05, 4.69) is 141 Å². The van der Waals surface area contributed by atoms with E-state index in [9.17, 15) is 0 Å². The second kappa shape index (κ2) is 43.6. The molecule has 1 heteroatoms. The smallest absolute Gasteiger partial charge is 0.00297 e. The SMILES string of the molecule is C#C.C#CC.C=C(C)C.CC.CC.CC(C)C(C)C.CC(C)C(C)CN.CC1CC(C)C(C)CC1C.CCC1CC=CC(C)C1C. The van der Waals surface area contributed by atoms with Gasteiger partial charge in [-0.1, -0.05) is 149 Å². The molecule has 8 atom stereocenters. The van der Waals surface area contributed by atoms with Crippen LogP contribution in [0.1, 0.15) is 171 Å². The summed E-state index contributed by atoms with van der Waals surface area (Å²) in [5.74, 6) is 11.9. The van der Waals surface area contributed by atoms with Crippen LogP contribution in [0.3, 0.4) is 0 Å². The molecule has 0 aromatic heterocycles. The van der Waals surface area contributed by atoms with Crippen LogP contribution in [-0.4, -0.2) is 6.54 Å². The molecule has 0 radical (unpaired) electrons. The molecule has 0 amide bonds. The molecule has 1 nitrogen and oxygen atoms in total. The molecule has 2 rings (SSSR count). The summed E-state index contributed by atoms with van der Waals surface area (Å²) in [5.41, 5.74) is 6.54. The lowest BCUT2D eigenvalue weighted by Crippen LogP contribution is -2.25. The highest BCUT2D eigenvalue weighted by Crippen LogP contribution is 2.36. The van der Waals surface area contributed by atoms with Gasteiger partial charge in [-0.15, -0.1) is 31.8 Å². The van der Waals surface area contributed by atoms with Gasteiger partial charge in [0.1, 0.15) is 0 Å². The summed E-state index contributed by atoms with van der Waals surface area (Å²) in [4.78, 5) is 0. The lowest BCUT2D eigenvalue weighted by atomic mass is 9.71. The molecule has 2 N–H and O–H groups in total. The van der Waals surface area contributed by atoms with Gasteiger partial charge in [-0.05, 0) is 112 Å². The van der Waals surface area contributed by atoms with E-state index < -0.39 is 0 Å². The van der Waals surface area contributed by atoms with Gasteiger partial charge in [0.25, 0.3) is 0 Å². The van der Waals surface area contributed by atoms with Crippen LogP contribution in [0.15, 0.2) is 24.3 Å². The van der Waals surface area contributed by atoms with Crippen molar-refractivity contribution in [3.05, 3.63) is 24.3 Å². The summed E-state index contributed by atoms with van der Waals surface area (Å²) in [7, 11) is 0. The Balaban J connectivity index is -0.0000000796. The zero-order valence-corrected chi connectivity index (χ0v) is 36.1. The largest absolute Gasteiger partial charge is 0.330 e. The lowest BCUT2D eigenvalue weighted by Gasteiger charge is -2.35. The summed E-state index contributed by atoms with van der Waals surface area (Å²) >= 11 is 0. The lowest BCUT2D eigenvalue weighted by molar-refractivity contribution is 0.157. The molecule has 0 aliphatic heterocycles. The minimum Gasteiger partial charge on any atom is -0.330 e. The van der Waals surface area contributed by atoms with Gasteiger partial charge in [-0.25, -0.2) is 0 Å². The van der Waals surface area contributed by atoms with E-state index >= 15 is 0 Å². The molecule has 46 heavy (non-hydrogen) atoms. The molecule has 0 spiro atoms. The zero-order chi connectivity index (χ0) is 38.6. The summed E-state index contributed by atoms with van der Waals surface area (Å²) in [6.45, 7) is 50.1. The van der Waals surface area contributed by atoms with Crippen molar-refractivity contribution in [1.29, 1.82) is 0 Å². The normalized spacial score (nSPS) is 24.2. The van der Waals surface area contributed by atoms with E-state index in [1.165, 1.54) is 31.3 Å². The molecule has 0 bridgehead atoms. The van der Waals surface area contributed by atoms with E-state index in [-0.39, 0.29) is 0 Å². The quantitative estimate of drug-likeness (QED) is 0.238. The maximum atomic E-state index is 5.37. The fourth-order valence-corrected chi connectivity index (χ4v) is 4.20. The monoisotopic (exact) mass is 648 g/mol. The minimum absolute atomic E-state index is 0.681. The van der Waals surface area contributed by atoms with E-state index in [1.807, 2.05) is 41.5 Å². The van der Waals surface area contributed by atoms with Crippen LogP contribution in [0.2, 0.25) is 0 Å². The molecule has 0 aromatic carbocycles. The highest BCUT2D eigenvalue weighted by molar-refractivity contribution is 4.97. The Hall–Kier alpha value is -1.44. The van der Waals surface area contributed by atoms with Crippen LogP contribution in [-0.2, 0) is 0 Å². The first-order chi connectivity index (χ1) is 21.3. The van der Waals surface area contributed by atoms with Crippen LogP contribution in [0, 0.1) is 90.3 Å². The summed E-state index contributed by atoms with van der Waals surface area (Å²) in [5, 5.41) is 0. The standard InChI is InChI=1S/C10H20.C10H18.C6H15N.C6H14.C4H8.C3H4.2C2H6.C2H2/c1-7-5-9(3)10(4)6-8(7)2;1-4-10-7-5-6-8(2)9(10)3;1-5(2)6(3)4-7;1-5(2)6(3)4;1-4(2)3;1-3-2;3*1-2/h7-10H,5-6H2,1-4H3;5-6,8-10H,4,7H2,1-3H3;5-6H,4,7H2,1-3H3;5-6H,1-4H3;1H2,2-3H3;1H,2H3;2*1-2H3;1-2H. The number of terminal acetylenes is 2. The van der Waals surface area contributed by atoms with Crippen molar-refractivity contribution in [2.24, 2.45) is 70.8 Å². The first-order valence-electron chi connectivity index (χ1n) is 19.0. The van der Waals surface area contributed by atoms with E-state index in [4.69, 9.17) is 5.73 Å². The highest BCUT2D eigenvalue weighted by atomic mass is 14.5. The Morgan fingerprint density at radius 2 is 1.04 bits per heavy atom.